The third-order valence-electron chi connectivity index (χ3n) is 2.56. The first-order valence-corrected chi connectivity index (χ1v) is 6.14. The molecular formula is C14H14FKNO3S-. The van der Waals surface area contributed by atoms with Gasteiger partial charge >= 0.3 is 51.4 Å². The summed E-state index contributed by atoms with van der Waals surface area (Å²) in [5.74, 6) is -0.144. The topological polar surface area (TPSA) is 38.8 Å². The van der Waals surface area contributed by atoms with E-state index in [4.69, 9.17) is 21.7 Å². The van der Waals surface area contributed by atoms with E-state index in [0.29, 0.717) is 30.2 Å². The maximum absolute atomic E-state index is 13.2. The minimum atomic E-state index is -0.435. The summed E-state index contributed by atoms with van der Waals surface area (Å²) in [6.45, 7) is 0.789. The fourth-order valence-corrected chi connectivity index (χ4v) is 1.82. The van der Waals surface area contributed by atoms with Gasteiger partial charge in [-0.25, -0.2) is 16.6 Å². The van der Waals surface area contributed by atoms with E-state index in [0.717, 1.165) is 0 Å². The van der Waals surface area contributed by atoms with E-state index in [1.807, 2.05) is 0 Å². The van der Waals surface area contributed by atoms with Crippen LogP contribution in [0.25, 0.3) is 5.70 Å². The summed E-state index contributed by atoms with van der Waals surface area (Å²) in [6, 6.07) is 4.00. The second-order valence-corrected chi connectivity index (χ2v) is 3.91. The molecule has 1 aromatic rings. The summed E-state index contributed by atoms with van der Waals surface area (Å²) in [5, 5.41) is 0. The molecule has 0 bridgehead atoms. The van der Waals surface area contributed by atoms with Crippen molar-refractivity contribution in [1.82, 2.24) is 4.90 Å². The normalized spacial score (nSPS) is 10.5. The van der Waals surface area contributed by atoms with Gasteiger partial charge in [-0.2, -0.15) is 6.08 Å². The zero-order valence-corrected chi connectivity index (χ0v) is 16.1. The Balaban J connectivity index is 0.00000400. The minimum Gasteiger partial charge on any atom is -0.500 e. The predicted molar refractivity (Wildman–Crippen MR) is 77.8 cm³/mol. The molecule has 0 aliphatic carbocycles. The van der Waals surface area contributed by atoms with Crippen LogP contribution in [0.3, 0.4) is 0 Å². The Labute approximate surface area is 171 Å². The van der Waals surface area contributed by atoms with Gasteiger partial charge in [0.15, 0.2) is 0 Å². The number of nitrogens with zero attached hydrogens (tertiary/aromatic N) is 1. The molecule has 0 amide bonds. The molecule has 1 rings (SSSR count). The molecule has 7 heteroatoms. The van der Waals surface area contributed by atoms with Gasteiger partial charge in [-0.1, -0.05) is 11.6 Å². The number of benzene rings is 1. The minimum absolute atomic E-state index is 0. The van der Waals surface area contributed by atoms with Gasteiger partial charge in [0.25, 0.3) is 0 Å². The number of halogens is 1. The third kappa shape index (κ3) is 6.23. The van der Waals surface area contributed by atoms with Crippen LogP contribution in [0.4, 0.5) is 4.39 Å². The summed E-state index contributed by atoms with van der Waals surface area (Å²) in [5.41, 5.74) is 3.47. The van der Waals surface area contributed by atoms with Crippen molar-refractivity contribution in [2.45, 2.75) is 0 Å². The average molecular weight is 334 g/mol. The molecule has 0 N–H and O–H groups in total. The molecule has 4 nitrogen and oxygen atoms in total. The monoisotopic (exact) mass is 334 g/mol. The summed E-state index contributed by atoms with van der Waals surface area (Å²) in [7, 11) is 2.97. The number of ether oxygens (including phenoxy) is 2. The van der Waals surface area contributed by atoms with E-state index in [2.05, 4.69) is 5.49 Å². The van der Waals surface area contributed by atoms with Crippen LogP contribution in [0.5, 0.6) is 5.75 Å². The largest absolute Gasteiger partial charge is 1.00 e. The van der Waals surface area contributed by atoms with Crippen molar-refractivity contribution in [2.24, 2.45) is 0 Å². The first-order chi connectivity index (χ1) is 9.67. The molecule has 0 aromatic heterocycles. The summed E-state index contributed by atoms with van der Waals surface area (Å²) >= 11 is 4.82. The summed E-state index contributed by atoms with van der Waals surface area (Å²) < 4.78 is 23.3. The SMILES string of the molecule is COCCN([C-]=S)/C(=C\[C-]=O)c1ccc(F)cc1OC.[K+]. The smallest absolute Gasteiger partial charge is 0.500 e. The Hall–Kier alpha value is -0.154. The molecule has 1 aromatic carbocycles. The Kier molecular flexibility index (Phi) is 11.3. The molecular weight excluding hydrogens is 320 g/mol. The zero-order chi connectivity index (χ0) is 15.0. The molecule has 108 valence electrons. The number of hydrogen-bond donors (Lipinski definition) is 0. The predicted octanol–water partition coefficient (Wildman–Crippen LogP) is -0.928. The Morgan fingerprint density at radius 1 is 1.48 bits per heavy atom. The van der Waals surface area contributed by atoms with Gasteiger partial charge in [-0.3, -0.25) is 0 Å². The fraction of sp³-hybridized carbons (Fsp3) is 0.286. The Morgan fingerprint density at radius 2 is 2.19 bits per heavy atom. The van der Waals surface area contributed by atoms with E-state index in [9.17, 15) is 9.18 Å². The molecule has 0 unspecified atom stereocenters. The molecule has 0 fully saturated rings. The van der Waals surface area contributed by atoms with Crippen LogP contribution in [-0.2, 0) is 9.53 Å². The molecule has 21 heavy (non-hydrogen) atoms. The van der Waals surface area contributed by atoms with Crippen molar-refractivity contribution in [3.63, 3.8) is 0 Å². The first-order valence-electron chi connectivity index (χ1n) is 5.74. The summed E-state index contributed by atoms with van der Waals surface area (Å²) in [6.07, 6.45) is 2.89. The van der Waals surface area contributed by atoms with Crippen LogP contribution in [-0.4, -0.2) is 44.0 Å². The molecule has 0 spiro atoms. The van der Waals surface area contributed by atoms with Crippen molar-refractivity contribution < 1.29 is 70.0 Å². The van der Waals surface area contributed by atoms with Crippen LogP contribution in [0.1, 0.15) is 5.56 Å². The number of allylic oxidation sites excluding steroid dienone is 1. The van der Waals surface area contributed by atoms with Gasteiger partial charge in [-0.05, 0) is 17.9 Å². The molecule has 0 aliphatic rings. The molecule has 0 radical (unpaired) electrons. The van der Waals surface area contributed by atoms with E-state index in [-0.39, 0.29) is 51.4 Å². The third-order valence-corrected chi connectivity index (χ3v) is 2.78. The van der Waals surface area contributed by atoms with Crippen LogP contribution < -0.4 is 56.1 Å². The first kappa shape index (κ1) is 20.8. The van der Waals surface area contributed by atoms with Crippen LogP contribution in [0.15, 0.2) is 24.3 Å². The van der Waals surface area contributed by atoms with E-state index in [1.165, 1.54) is 36.3 Å². The molecule has 0 aliphatic heterocycles. The molecule has 0 saturated heterocycles. The number of hydrogen-bond acceptors (Lipinski definition) is 4. The van der Waals surface area contributed by atoms with Gasteiger partial charge in [0.05, 0.1) is 13.7 Å². The van der Waals surface area contributed by atoms with Crippen LogP contribution >= 0.6 is 12.2 Å². The fourth-order valence-electron chi connectivity index (χ4n) is 1.63. The van der Waals surface area contributed by atoms with Gasteiger partial charge in [0.2, 0.25) is 0 Å². The standard InChI is InChI=1S/C14H14FNO3S.K/c1-18-8-6-16(10-20)13(5-7-17)12-4-3-11(15)9-14(12)19-2;/h3-5,9H,6,8H2,1-2H3;/q-2;+1/b13-5-;. The number of thiocarbonyl (C=S) groups is 1. The van der Waals surface area contributed by atoms with Crippen molar-refractivity contribution in [3.05, 3.63) is 35.7 Å². The maximum Gasteiger partial charge on any atom is 1.00 e. The van der Waals surface area contributed by atoms with E-state index < -0.39 is 5.82 Å². The molecule has 0 atom stereocenters. The van der Waals surface area contributed by atoms with Crippen molar-refractivity contribution in [3.8, 4) is 5.75 Å². The number of methoxy groups -OCH3 is 2. The second-order valence-electron chi connectivity index (χ2n) is 3.73. The van der Waals surface area contributed by atoms with Gasteiger partial charge in [0.1, 0.15) is 11.6 Å². The maximum atomic E-state index is 13.2. The Bertz CT molecular complexity index is 511. The second kappa shape index (κ2) is 11.4. The van der Waals surface area contributed by atoms with Crippen molar-refractivity contribution >= 4 is 29.7 Å². The average Bonchev–Trinajstić information content (AvgIpc) is 2.47. The quantitative estimate of drug-likeness (QED) is 0.202. The number of carbonyl (C=O) groups excluding carboxylic acids is 1. The summed E-state index contributed by atoms with van der Waals surface area (Å²) in [4.78, 5) is 12.2. The molecule has 0 saturated carbocycles. The van der Waals surface area contributed by atoms with Crippen molar-refractivity contribution in [2.75, 3.05) is 27.4 Å². The molecule has 0 heterocycles. The van der Waals surface area contributed by atoms with Crippen molar-refractivity contribution in [1.29, 1.82) is 0 Å². The van der Waals surface area contributed by atoms with E-state index >= 15 is 0 Å². The van der Waals surface area contributed by atoms with Gasteiger partial charge in [0, 0.05) is 19.7 Å². The van der Waals surface area contributed by atoms with Gasteiger partial charge in [-0.15, -0.1) is 5.70 Å². The number of rotatable bonds is 8. The van der Waals surface area contributed by atoms with Crippen LogP contribution in [0, 0.1) is 5.82 Å². The zero-order valence-electron chi connectivity index (χ0n) is 12.2. The Morgan fingerprint density at radius 3 is 2.71 bits per heavy atom. The van der Waals surface area contributed by atoms with Crippen LogP contribution in [0.2, 0.25) is 0 Å². The van der Waals surface area contributed by atoms with Gasteiger partial charge < -0.3 is 19.2 Å². The van der Waals surface area contributed by atoms with E-state index in [1.54, 1.807) is 13.4 Å².